The van der Waals surface area contributed by atoms with E-state index in [0.717, 1.165) is 40.3 Å². The largest absolute Gasteiger partial charge is 0.497 e. The van der Waals surface area contributed by atoms with Gasteiger partial charge in [-0.15, -0.1) is 37.2 Å². The van der Waals surface area contributed by atoms with Gasteiger partial charge in [0, 0.05) is 54.4 Å². The highest BCUT2D eigenvalue weighted by molar-refractivity contribution is 5.86. The van der Waals surface area contributed by atoms with E-state index in [-0.39, 0.29) is 37.2 Å². The van der Waals surface area contributed by atoms with Crippen LogP contribution < -0.4 is 9.64 Å². The molecule has 2 aromatic carbocycles. The number of hydrogen-bond donors (Lipinski definition) is 0. The molecule has 0 aliphatic rings. The Morgan fingerprint density at radius 2 is 1.81 bits per heavy atom. The average Bonchev–Trinajstić information content (AvgIpc) is 3.77. The molecular weight excluding hydrogens is 611 g/mol. The summed E-state index contributed by atoms with van der Waals surface area (Å²) in [6.45, 7) is 2.74. The van der Waals surface area contributed by atoms with Gasteiger partial charge in [0.25, 0.3) is 0 Å². The topological polar surface area (TPSA) is 91.2 Å². The van der Waals surface area contributed by atoms with Crippen LogP contribution in [0.4, 0.5) is 5.88 Å². The Kier molecular flexibility index (Phi) is 11.4. The van der Waals surface area contributed by atoms with Crippen molar-refractivity contribution in [3.8, 4) is 22.7 Å². The first-order valence-electron chi connectivity index (χ1n) is 13.0. The predicted molar refractivity (Wildman–Crippen MR) is 174 cm³/mol. The second-order valence-corrected chi connectivity index (χ2v) is 9.30. The molecule has 0 bridgehead atoms. The molecule has 0 saturated carbocycles. The van der Waals surface area contributed by atoms with Crippen LogP contribution in [-0.2, 0) is 17.8 Å². The minimum atomic E-state index is -0.464. The van der Waals surface area contributed by atoms with Crippen LogP contribution in [0, 0.1) is 0 Å². The zero-order valence-corrected chi connectivity index (χ0v) is 25.9. The number of furan rings is 1. The van der Waals surface area contributed by atoms with E-state index in [9.17, 15) is 4.79 Å². The molecule has 6 aromatic rings. The van der Waals surface area contributed by atoms with E-state index >= 15 is 0 Å². The fraction of sp³-hybridized carbons (Fsp3) is 0.161. The second kappa shape index (κ2) is 14.7. The van der Waals surface area contributed by atoms with E-state index in [1.165, 1.54) is 0 Å². The van der Waals surface area contributed by atoms with E-state index in [2.05, 4.69) is 45.7 Å². The van der Waals surface area contributed by atoms with E-state index in [1.807, 2.05) is 59.4 Å². The molecule has 6 rings (SSSR count). The number of nitrogens with zero attached hydrogens (tertiary/aromatic N) is 6. The van der Waals surface area contributed by atoms with Crippen molar-refractivity contribution in [2.75, 3.05) is 12.0 Å². The average molecular weight is 642 g/mol. The number of rotatable bonds is 10. The van der Waals surface area contributed by atoms with Gasteiger partial charge in [-0.1, -0.05) is 18.2 Å². The number of amides is 1. The fourth-order valence-corrected chi connectivity index (χ4v) is 5.01. The lowest BCUT2D eigenvalue weighted by molar-refractivity contribution is -0.108. The molecule has 0 aliphatic carbocycles. The maximum absolute atomic E-state index is 12.7. The Balaban J connectivity index is 0.00000169. The number of fused-ring (bicyclic) bond motifs is 1. The first-order chi connectivity index (χ1) is 19.7. The summed E-state index contributed by atoms with van der Waals surface area (Å²) in [5, 5.41) is 0.843. The maximum atomic E-state index is 12.7. The molecule has 4 aromatic heterocycles. The van der Waals surface area contributed by atoms with Gasteiger partial charge in [-0.25, -0.2) is 9.97 Å². The normalized spacial score (nSPS) is 11.1. The number of pyridine rings is 1. The van der Waals surface area contributed by atoms with Crippen molar-refractivity contribution in [1.29, 1.82) is 0 Å². The molecule has 4 heterocycles. The predicted octanol–water partition coefficient (Wildman–Crippen LogP) is 7.12. The third-order valence-corrected chi connectivity index (χ3v) is 7.01. The number of carbonyl (C=O) groups excluding carboxylic acids is 1. The van der Waals surface area contributed by atoms with Crippen molar-refractivity contribution in [1.82, 2.24) is 24.1 Å². The number of carbonyl (C=O) groups is 1. The molecule has 9 nitrogen and oxygen atoms in total. The molecular formula is C31H31Cl3N6O3. The molecule has 1 atom stereocenters. The SMILES string of the molecule is CCn1c(-c2ccc(-n3ccnc3)cc2)cnc1C(Cc1ccccn1)N(C=O)c1cc2cc(OC)ccc2o1.Cl.Cl.Cl. The molecule has 0 spiro atoms. The number of imidazole rings is 2. The minimum absolute atomic E-state index is 0. The number of benzene rings is 2. The van der Waals surface area contributed by atoms with Crippen molar-refractivity contribution in [2.45, 2.75) is 25.9 Å². The van der Waals surface area contributed by atoms with Crippen molar-refractivity contribution < 1.29 is 13.9 Å². The van der Waals surface area contributed by atoms with Gasteiger partial charge in [0.1, 0.15) is 23.2 Å². The highest BCUT2D eigenvalue weighted by Gasteiger charge is 2.29. The van der Waals surface area contributed by atoms with Crippen LogP contribution in [0.5, 0.6) is 5.75 Å². The standard InChI is InChI=1S/C31H28N6O3.3ClH/c1-3-36-28(22-7-9-25(10-8-22)35-15-14-32-20-35)19-34-31(36)27(18-24-6-4-5-13-33-24)37(21-38)30-17-23-16-26(39-2)11-12-29(23)40-30;;;/h4-17,19-21,27H,3,18H2,1-2H3;3*1H. The first kappa shape index (κ1) is 33.2. The van der Waals surface area contributed by atoms with Crippen molar-refractivity contribution in [2.24, 2.45) is 0 Å². The fourth-order valence-electron chi connectivity index (χ4n) is 5.01. The number of methoxy groups -OCH3 is 1. The molecule has 1 amide bonds. The lowest BCUT2D eigenvalue weighted by Crippen LogP contribution is -2.31. The van der Waals surface area contributed by atoms with Crippen molar-refractivity contribution >= 4 is 60.5 Å². The number of ether oxygens (including phenoxy) is 1. The smallest absolute Gasteiger partial charge is 0.217 e. The Labute approximate surface area is 267 Å². The van der Waals surface area contributed by atoms with Crippen LogP contribution in [0.15, 0.2) is 102 Å². The number of hydrogen-bond acceptors (Lipinski definition) is 6. The van der Waals surface area contributed by atoms with Crippen molar-refractivity contribution in [3.63, 3.8) is 0 Å². The summed E-state index contributed by atoms with van der Waals surface area (Å²) in [6.07, 6.45) is 10.3. The monoisotopic (exact) mass is 640 g/mol. The number of aromatic nitrogens is 5. The molecule has 0 fully saturated rings. The summed E-state index contributed by atoms with van der Waals surface area (Å²) in [5.74, 6) is 1.89. The first-order valence-corrected chi connectivity index (χ1v) is 13.0. The molecule has 0 saturated heterocycles. The zero-order chi connectivity index (χ0) is 27.5. The number of halogens is 3. The highest BCUT2D eigenvalue weighted by Crippen LogP contribution is 2.35. The maximum Gasteiger partial charge on any atom is 0.217 e. The summed E-state index contributed by atoms with van der Waals surface area (Å²) < 4.78 is 15.6. The summed E-state index contributed by atoms with van der Waals surface area (Å²) >= 11 is 0. The lowest BCUT2D eigenvalue weighted by Gasteiger charge is -2.26. The molecule has 0 N–H and O–H groups in total. The van der Waals surface area contributed by atoms with E-state index < -0.39 is 6.04 Å². The minimum Gasteiger partial charge on any atom is -0.497 e. The molecule has 12 heteroatoms. The van der Waals surface area contributed by atoms with Gasteiger partial charge >= 0.3 is 0 Å². The van der Waals surface area contributed by atoms with Crippen LogP contribution in [0.3, 0.4) is 0 Å². The lowest BCUT2D eigenvalue weighted by atomic mass is 10.1. The molecule has 0 radical (unpaired) electrons. The Bertz CT molecular complexity index is 1740. The summed E-state index contributed by atoms with van der Waals surface area (Å²) in [4.78, 5) is 27.9. The van der Waals surface area contributed by atoms with Gasteiger partial charge < -0.3 is 18.3 Å². The second-order valence-electron chi connectivity index (χ2n) is 9.30. The van der Waals surface area contributed by atoms with Crippen LogP contribution in [0.1, 0.15) is 24.5 Å². The van der Waals surface area contributed by atoms with Crippen LogP contribution in [-0.4, -0.2) is 37.6 Å². The van der Waals surface area contributed by atoms with Crippen LogP contribution in [0.25, 0.3) is 27.9 Å². The summed E-state index contributed by atoms with van der Waals surface area (Å²) in [5.41, 5.74) is 4.51. The Morgan fingerprint density at radius 3 is 2.47 bits per heavy atom. The Morgan fingerprint density at radius 1 is 1.00 bits per heavy atom. The van der Waals surface area contributed by atoms with Gasteiger partial charge in [0.15, 0.2) is 0 Å². The third-order valence-electron chi connectivity index (χ3n) is 7.01. The Hall–Kier alpha value is -4.31. The van der Waals surface area contributed by atoms with E-state index in [1.54, 1.807) is 30.7 Å². The molecule has 43 heavy (non-hydrogen) atoms. The van der Waals surface area contributed by atoms with E-state index in [4.69, 9.17) is 14.1 Å². The van der Waals surface area contributed by atoms with Gasteiger partial charge in [-0.3, -0.25) is 14.7 Å². The van der Waals surface area contributed by atoms with E-state index in [0.29, 0.717) is 30.2 Å². The highest BCUT2D eigenvalue weighted by atomic mass is 35.5. The molecule has 224 valence electrons. The number of anilines is 1. The van der Waals surface area contributed by atoms with Crippen molar-refractivity contribution in [3.05, 3.63) is 109 Å². The summed E-state index contributed by atoms with van der Waals surface area (Å²) in [7, 11) is 1.62. The quantitative estimate of drug-likeness (QED) is 0.148. The van der Waals surface area contributed by atoms with Gasteiger partial charge in [-0.05, 0) is 55.0 Å². The zero-order valence-electron chi connectivity index (χ0n) is 23.4. The molecule has 0 aliphatic heterocycles. The third kappa shape index (κ3) is 6.69. The van der Waals surface area contributed by atoms with Crippen LogP contribution >= 0.6 is 37.2 Å². The molecule has 1 unspecified atom stereocenters. The van der Waals surface area contributed by atoms with Crippen LogP contribution in [0.2, 0.25) is 0 Å². The summed E-state index contributed by atoms with van der Waals surface area (Å²) in [6, 6.07) is 21.0. The van der Waals surface area contributed by atoms with Gasteiger partial charge in [0.05, 0.1) is 25.3 Å². The van der Waals surface area contributed by atoms with Gasteiger partial charge in [0.2, 0.25) is 12.3 Å². The van der Waals surface area contributed by atoms with Gasteiger partial charge in [-0.2, -0.15) is 0 Å².